The number of ether oxygens (including phenoxy) is 1. The van der Waals surface area contributed by atoms with Crippen molar-refractivity contribution in [2.75, 3.05) is 26.3 Å². The van der Waals surface area contributed by atoms with Gasteiger partial charge >= 0.3 is 0 Å². The van der Waals surface area contributed by atoms with Crippen LogP contribution in [0.3, 0.4) is 0 Å². The fraction of sp³-hybridized carbons (Fsp3) is 0.562. The van der Waals surface area contributed by atoms with Gasteiger partial charge in [-0.25, -0.2) is 9.07 Å². The number of halogens is 1. The lowest BCUT2D eigenvalue weighted by atomic mass is 10.0. The molecule has 0 radical (unpaired) electrons. The molecule has 2 aromatic rings. The lowest BCUT2D eigenvalue weighted by molar-refractivity contribution is 0.0208. The summed E-state index contributed by atoms with van der Waals surface area (Å²) in [4.78, 5) is 2.28. The molecule has 1 saturated heterocycles. The van der Waals surface area contributed by atoms with E-state index in [2.05, 4.69) is 41.2 Å². The molecule has 1 atom stereocenters. The fourth-order valence-electron chi connectivity index (χ4n) is 2.85. The Hall–Kier alpha value is -1.86. The van der Waals surface area contributed by atoms with Gasteiger partial charge in [0.15, 0.2) is 5.82 Å². The van der Waals surface area contributed by atoms with E-state index in [0.29, 0.717) is 13.2 Å². The molecule has 0 aliphatic carbocycles. The Morgan fingerprint density at radius 3 is 2.39 bits per heavy atom. The monoisotopic (exact) mass is 319 g/mol. The third kappa shape index (κ3) is 3.40. The summed E-state index contributed by atoms with van der Waals surface area (Å²) in [6, 6.07) is 6.45. The Bertz CT molecular complexity index is 643. The highest BCUT2D eigenvalue weighted by atomic mass is 19.1. The standard InChI is InChI=1S/C16H22FN5O/c1-16(2,3)22-15(18-19-20-22)14(21-8-10-23-11-9-21)12-4-6-13(17)7-5-12/h4-7,14H,8-11H2,1-3H3/t14-/m1/s1. The minimum atomic E-state index is -0.245. The molecule has 6 nitrogen and oxygen atoms in total. The molecule has 0 unspecified atom stereocenters. The summed E-state index contributed by atoms with van der Waals surface area (Å²) in [5, 5.41) is 12.3. The van der Waals surface area contributed by atoms with Gasteiger partial charge in [0.2, 0.25) is 0 Å². The molecule has 1 aliphatic rings. The third-order valence-electron chi connectivity index (χ3n) is 3.97. The maximum atomic E-state index is 13.3. The number of rotatable bonds is 3. The molecule has 0 bridgehead atoms. The normalized spacial score (nSPS) is 18.1. The van der Waals surface area contributed by atoms with Crippen LogP contribution in [-0.2, 0) is 10.3 Å². The van der Waals surface area contributed by atoms with Gasteiger partial charge in [0.25, 0.3) is 0 Å². The van der Waals surface area contributed by atoms with Crippen LogP contribution >= 0.6 is 0 Å². The van der Waals surface area contributed by atoms with E-state index in [1.54, 1.807) is 12.1 Å². The summed E-state index contributed by atoms with van der Waals surface area (Å²) in [7, 11) is 0. The van der Waals surface area contributed by atoms with Crippen molar-refractivity contribution in [1.82, 2.24) is 25.1 Å². The van der Waals surface area contributed by atoms with Crippen molar-refractivity contribution in [3.05, 3.63) is 41.5 Å². The van der Waals surface area contributed by atoms with E-state index >= 15 is 0 Å². The first-order valence-corrected chi connectivity index (χ1v) is 7.83. The highest BCUT2D eigenvalue weighted by Gasteiger charge is 2.32. The van der Waals surface area contributed by atoms with E-state index < -0.39 is 0 Å². The molecule has 2 heterocycles. The lowest BCUT2D eigenvalue weighted by Crippen LogP contribution is -2.41. The Morgan fingerprint density at radius 1 is 1.13 bits per heavy atom. The number of nitrogens with zero attached hydrogens (tertiary/aromatic N) is 5. The molecule has 0 saturated carbocycles. The first kappa shape index (κ1) is 16.0. The van der Waals surface area contributed by atoms with Crippen molar-refractivity contribution in [1.29, 1.82) is 0 Å². The fourth-order valence-corrected chi connectivity index (χ4v) is 2.85. The zero-order valence-corrected chi connectivity index (χ0v) is 13.7. The number of morpholine rings is 1. The zero-order chi connectivity index (χ0) is 16.4. The second-order valence-electron chi connectivity index (χ2n) is 6.72. The van der Waals surface area contributed by atoms with E-state index in [9.17, 15) is 4.39 Å². The molecule has 1 fully saturated rings. The summed E-state index contributed by atoms with van der Waals surface area (Å²) >= 11 is 0. The van der Waals surface area contributed by atoms with Gasteiger partial charge in [-0.2, -0.15) is 0 Å². The van der Waals surface area contributed by atoms with Crippen molar-refractivity contribution < 1.29 is 9.13 Å². The van der Waals surface area contributed by atoms with Gasteiger partial charge in [-0.15, -0.1) is 5.10 Å². The molecule has 0 N–H and O–H groups in total. The maximum Gasteiger partial charge on any atom is 0.173 e. The highest BCUT2D eigenvalue weighted by Crippen LogP contribution is 2.30. The average molecular weight is 319 g/mol. The Labute approximate surface area is 135 Å². The van der Waals surface area contributed by atoms with Crippen molar-refractivity contribution >= 4 is 0 Å². The van der Waals surface area contributed by atoms with E-state index in [0.717, 1.165) is 24.5 Å². The maximum absolute atomic E-state index is 13.3. The van der Waals surface area contributed by atoms with E-state index in [1.807, 2.05) is 4.68 Å². The van der Waals surface area contributed by atoms with E-state index in [4.69, 9.17) is 4.74 Å². The van der Waals surface area contributed by atoms with Gasteiger partial charge in [0.1, 0.15) is 5.82 Å². The molecule has 7 heteroatoms. The second-order valence-corrected chi connectivity index (χ2v) is 6.72. The molecule has 0 spiro atoms. The minimum absolute atomic E-state index is 0.117. The van der Waals surface area contributed by atoms with Crippen LogP contribution in [0.4, 0.5) is 4.39 Å². The van der Waals surface area contributed by atoms with Crippen LogP contribution in [0.1, 0.15) is 38.2 Å². The molecular weight excluding hydrogens is 297 g/mol. The smallest absolute Gasteiger partial charge is 0.173 e. The summed E-state index contributed by atoms with van der Waals surface area (Å²) in [5.41, 5.74) is 0.747. The first-order chi connectivity index (χ1) is 11.0. The third-order valence-corrected chi connectivity index (χ3v) is 3.97. The van der Waals surface area contributed by atoms with Crippen LogP contribution in [0, 0.1) is 5.82 Å². The molecule has 1 aromatic carbocycles. The molecule has 0 amide bonds. The molecular formula is C16H22FN5O. The Morgan fingerprint density at radius 2 is 1.78 bits per heavy atom. The predicted molar refractivity (Wildman–Crippen MR) is 83.4 cm³/mol. The van der Waals surface area contributed by atoms with E-state index in [1.165, 1.54) is 12.1 Å². The number of aromatic nitrogens is 4. The van der Waals surface area contributed by atoms with Gasteiger partial charge in [-0.3, -0.25) is 4.90 Å². The van der Waals surface area contributed by atoms with Gasteiger partial charge in [0, 0.05) is 13.1 Å². The van der Waals surface area contributed by atoms with Crippen molar-refractivity contribution in [2.45, 2.75) is 32.4 Å². The van der Waals surface area contributed by atoms with Crippen LogP contribution < -0.4 is 0 Å². The van der Waals surface area contributed by atoms with Crippen LogP contribution in [-0.4, -0.2) is 51.4 Å². The van der Waals surface area contributed by atoms with Crippen LogP contribution in [0.25, 0.3) is 0 Å². The van der Waals surface area contributed by atoms with Crippen LogP contribution in [0.5, 0.6) is 0 Å². The molecule has 23 heavy (non-hydrogen) atoms. The summed E-state index contributed by atoms with van der Waals surface area (Å²) in [6.45, 7) is 9.12. The summed E-state index contributed by atoms with van der Waals surface area (Å²) in [5.74, 6) is 0.524. The van der Waals surface area contributed by atoms with Crippen molar-refractivity contribution in [3.8, 4) is 0 Å². The number of tetrazole rings is 1. The largest absolute Gasteiger partial charge is 0.379 e. The van der Waals surface area contributed by atoms with Gasteiger partial charge < -0.3 is 4.74 Å². The topological polar surface area (TPSA) is 56.1 Å². The molecule has 1 aliphatic heterocycles. The van der Waals surface area contributed by atoms with E-state index in [-0.39, 0.29) is 17.4 Å². The van der Waals surface area contributed by atoms with Gasteiger partial charge in [0.05, 0.1) is 24.8 Å². The quantitative estimate of drug-likeness (QED) is 0.866. The summed E-state index contributed by atoms with van der Waals surface area (Å²) < 4.78 is 20.6. The number of hydrogen-bond donors (Lipinski definition) is 0. The SMILES string of the molecule is CC(C)(C)n1nnnc1[C@@H](c1ccc(F)cc1)N1CCOCC1. The molecule has 3 rings (SSSR count). The predicted octanol–water partition coefficient (Wildman–Crippen LogP) is 1.99. The van der Waals surface area contributed by atoms with Gasteiger partial charge in [-0.05, 0) is 48.9 Å². The van der Waals surface area contributed by atoms with Crippen LogP contribution in [0.2, 0.25) is 0 Å². The zero-order valence-electron chi connectivity index (χ0n) is 13.7. The van der Waals surface area contributed by atoms with Crippen molar-refractivity contribution in [2.24, 2.45) is 0 Å². The molecule has 124 valence electrons. The van der Waals surface area contributed by atoms with Crippen LogP contribution in [0.15, 0.2) is 24.3 Å². The average Bonchev–Trinajstić information content (AvgIpc) is 3.00. The summed E-state index contributed by atoms with van der Waals surface area (Å²) in [6.07, 6.45) is 0. The Kier molecular flexibility index (Phi) is 4.41. The molecule has 1 aromatic heterocycles. The Balaban J connectivity index is 2.05. The number of hydrogen-bond acceptors (Lipinski definition) is 5. The second kappa shape index (κ2) is 6.33. The lowest BCUT2D eigenvalue weighted by Gasteiger charge is -2.35. The van der Waals surface area contributed by atoms with Gasteiger partial charge in [-0.1, -0.05) is 12.1 Å². The first-order valence-electron chi connectivity index (χ1n) is 7.83. The number of benzene rings is 1. The van der Waals surface area contributed by atoms with Crippen molar-refractivity contribution in [3.63, 3.8) is 0 Å². The highest BCUT2D eigenvalue weighted by molar-refractivity contribution is 5.25. The minimum Gasteiger partial charge on any atom is -0.379 e.